The van der Waals surface area contributed by atoms with Gasteiger partial charge in [0.2, 0.25) is 0 Å². The molecule has 61 heavy (non-hydrogen) atoms. The Morgan fingerprint density at radius 3 is 1.23 bits per heavy atom. The van der Waals surface area contributed by atoms with E-state index in [1.807, 2.05) is 0 Å². The first kappa shape index (κ1) is 39.5. The van der Waals surface area contributed by atoms with E-state index in [1.165, 1.54) is 66.0 Å². The fourth-order valence-electron chi connectivity index (χ4n) is 8.49. The van der Waals surface area contributed by atoms with Crippen LogP contribution in [0.3, 0.4) is 0 Å². The molecule has 0 atom stereocenters. The molecule has 0 aromatic heterocycles. The van der Waals surface area contributed by atoms with Gasteiger partial charge < -0.3 is 9.80 Å². The smallest absolute Gasteiger partial charge is 0.0775 e. The van der Waals surface area contributed by atoms with Crippen molar-refractivity contribution in [2.24, 2.45) is 0 Å². The Kier molecular flexibility index (Phi) is 10.8. The van der Waals surface area contributed by atoms with E-state index >= 15 is 0 Å². The summed E-state index contributed by atoms with van der Waals surface area (Å²) in [6, 6.07) is 76.3. The number of nitrogens with zero attached hydrogens (tertiary/aromatic N) is 2. The first-order chi connectivity index (χ1) is 29.6. The summed E-state index contributed by atoms with van der Waals surface area (Å²) in [7, 11) is -1.51. The molecule has 2 nitrogen and oxygen atoms in total. The van der Waals surface area contributed by atoms with E-state index in [0.29, 0.717) is 0 Å². The molecule has 0 N–H and O–H groups in total. The van der Waals surface area contributed by atoms with Crippen LogP contribution in [-0.4, -0.2) is 8.07 Å². The molecule has 0 amide bonds. The lowest BCUT2D eigenvalue weighted by Gasteiger charge is -2.30. The zero-order valence-electron chi connectivity index (χ0n) is 36.0. The normalized spacial score (nSPS) is 11.4. The molecule has 0 bridgehead atoms. The monoisotopic (exact) mass is 804 g/mol. The number of rotatable bonds is 10. The Morgan fingerprint density at radius 2 is 0.738 bits per heavy atom. The summed E-state index contributed by atoms with van der Waals surface area (Å²) in [5, 5.41) is 3.84. The minimum absolute atomic E-state index is 1.10. The maximum atomic E-state index is 2.45. The van der Waals surface area contributed by atoms with Gasteiger partial charge in [0.15, 0.2) is 0 Å². The second-order valence-corrected chi connectivity index (χ2v) is 22.4. The molecular formula is C58H52N2Si. The Labute approximate surface area is 363 Å². The van der Waals surface area contributed by atoms with Crippen molar-refractivity contribution in [3.8, 4) is 33.4 Å². The molecule has 0 aliphatic rings. The van der Waals surface area contributed by atoms with Crippen LogP contribution in [-0.2, 0) is 0 Å². The van der Waals surface area contributed by atoms with Crippen molar-refractivity contribution >= 4 is 58.2 Å². The van der Waals surface area contributed by atoms with Gasteiger partial charge in [-0.1, -0.05) is 181 Å². The number of benzene rings is 9. The molecule has 0 spiro atoms. The molecule has 0 heterocycles. The SMILES string of the molecule is Cc1ccc(N(c2ccc(C)cc2)c2ccc(-c3c(-c4ccccc4)cc(N(c4ccc(C)cc4)c4ccc([Si](C)(C)C)cc4)c4ccccc34)c(-c3ccccc3)c2)cc1. The van der Waals surface area contributed by atoms with Gasteiger partial charge in [-0.2, -0.15) is 0 Å². The van der Waals surface area contributed by atoms with Crippen LogP contribution in [0.1, 0.15) is 16.7 Å². The van der Waals surface area contributed by atoms with Crippen LogP contribution in [0.25, 0.3) is 44.2 Å². The van der Waals surface area contributed by atoms with E-state index in [0.717, 1.165) is 34.1 Å². The van der Waals surface area contributed by atoms with Gasteiger partial charge in [-0.25, -0.2) is 0 Å². The Balaban J connectivity index is 1.33. The summed E-state index contributed by atoms with van der Waals surface area (Å²) in [4.78, 5) is 4.83. The number of fused-ring (bicyclic) bond motifs is 1. The van der Waals surface area contributed by atoms with Gasteiger partial charge in [-0.05, 0) is 126 Å². The van der Waals surface area contributed by atoms with Gasteiger partial charge in [0.05, 0.1) is 13.8 Å². The highest BCUT2D eigenvalue weighted by Crippen LogP contribution is 2.50. The van der Waals surface area contributed by atoms with Gasteiger partial charge in [0.1, 0.15) is 0 Å². The molecule has 9 rings (SSSR count). The van der Waals surface area contributed by atoms with E-state index < -0.39 is 8.07 Å². The lowest BCUT2D eigenvalue weighted by atomic mass is 9.84. The lowest BCUT2D eigenvalue weighted by Crippen LogP contribution is -2.37. The number of anilines is 6. The summed E-state index contributed by atoms with van der Waals surface area (Å²) >= 11 is 0. The van der Waals surface area contributed by atoms with Crippen LogP contribution in [0.4, 0.5) is 34.1 Å². The molecule has 0 fully saturated rings. The van der Waals surface area contributed by atoms with Crippen molar-refractivity contribution in [2.75, 3.05) is 9.80 Å². The summed E-state index contributed by atoms with van der Waals surface area (Å²) in [5.74, 6) is 0. The maximum absolute atomic E-state index is 2.45. The highest BCUT2D eigenvalue weighted by atomic mass is 28.3. The van der Waals surface area contributed by atoms with Crippen molar-refractivity contribution in [3.05, 3.63) is 223 Å². The highest BCUT2D eigenvalue weighted by Gasteiger charge is 2.25. The summed E-state index contributed by atoms with van der Waals surface area (Å²) < 4.78 is 0. The van der Waals surface area contributed by atoms with Crippen LogP contribution >= 0.6 is 0 Å². The third kappa shape index (κ3) is 8.05. The quantitative estimate of drug-likeness (QED) is 0.127. The van der Waals surface area contributed by atoms with Gasteiger partial charge in [0.25, 0.3) is 0 Å². The van der Waals surface area contributed by atoms with Crippen molar-refractivity contribution in [1.29, 1.82) is 0 Å². The Bertz CT molecular complexity index is 2880. The minimum Gasteiger partial charge on any atom is -0.310 e. The molecule has 0 saturated carbocycles. The third-order valence-corrected chi connectivity index (χ3v) is 13.9. The molecule has 298 valence electrons. The third-order valence-electron chi connectivity index (χ3n) is 11.8. The predicted octanol–water partition coefficient (Wildman–Crippen LogP) is 16.3. The average Bonchev–Trinajstić information content (AvgIpc) is 3.29. The highest BCUT2D eigenvalue weighted by molar-refractivity contribution is 6.88. The predicted molar refractivity (Wildman–Crippen MR) is 267 cm³/mol. The van der Waals surface area contributed by atoms with E-state index in [4.69, 9.17) is 0 Å². The standard InChI is InChI=1S/C58H52N2Si/c1-41-21-27-46(28-22-41)59(47-29-23-42(2)24-30-47)50-35-38-54(55(39-50)44-15-9-7-10-16-44)58-53-20-14-13-19-52(53)57(40-56(58)45-17-11-8-12-18-45)60(48-31-25-43(3)26-32-48)49-33-36-51(37-34-49)61(4,5)6/h7-40H,1-6H3. The minimum atomic E-state index is -1.51. The molecule has 0 radical (unpaired) electrons. The largest absolute Gasteiger partial charge is 0.310 e. The van der Waals surface area contributed by atoms with Gasteiger partial charge in [-0.15, -0.1) is 0 Å². The molecule has 0 unspecified atom stereocenters. The second-order valence-electron chi connectivity index (χ2n) is 17.3. The topological polar surface area (TPSA) is 6.48 Å². The zero-order chi connectivity index (χ0) is 42.1. The Morgan fingerprint density at radius 1 is 0.328 bits per heavy atom. The van der Waals surface area contributed by atoms with Crippen LogP contribution in [0.2, 0.25) is 19.6 Å². The summed E-state index contributed by atoms with van der Waals surface area (Å²) in [6.07, 6.45) is 0. The number of hydrogen-bond acceptors (Lipinski definition) is 2. The average molecular weight is 805 g/mol. The molecule has 0 saturated heterocycles. The van der Waals surface area contributed by atoms with Crippen LogP contribution < -0.4 is 15.0 Å². The van der Waals surface area contributed by atoms with Gasteiger partial charge in [0, 0.05) is 33.8 Å². The summed E-state index contributed by atoms with van der Waals surface area (Å²) in [6.45, 7) is 13.7. The van der Waals surface area contributed by atoms with E-state index in [1.54, 1.807) is 0 Å². The van der Waals surface area contributed by atoms with Crippen molar-refractivity contribution in [1.82, 2.24) is 0 Å². The first-order valence-electron chi connectivity index (χ1n) is 21.3. The van der Waals surface area contributed by atoms with E-state index in [9.17, 15) is 0 Å². The van der Waals surface area contributed by atoms with Crippen molar-refractivity contribution < 1.29 is 0 Å². The van der Waals surface area contributed by atoms with Gasteiger partial charge >= 0.3 is 0 Å². The van der Waals surface area contributed by atoms with Crippen LogP contribution in [0, 0.1) is 20.8 Å². The maximum Gasteiger partial charge on any atom is 0.0775 e. The molecular weight excluding hydrogens is 753 g/mol. The first-order valence-corrected chi connectivity index (χ1v) is 24.8. The van der Waals surface area contributed by atoms with E-state index in [-0.39, 0.29) is 0 Å². The second kappa shape index (κ2) is 16.6. The van der Waals surface area contributed by atoms with Crippen LogP contribution in [0.5, 0.6) is 0 Å². The van der Waals surface area contributed by atoms with E-state index in [2.05, 4.69) is 256 Å². The van der Waals surface area contributed by atoms with Crippen molar-refractivity contribution in [2.45, 2.75) is 40.4 Å². The fraction of sp³-hybridized carbons (Fsp3) is 0.103. The number of hydrogen-bond donors (Lipinski definition) is 0. The molecule has 0 aliphatic carbocycles. The summed E-state index contributed by atoms with van der Waals surface area (Å²) in [5.41, 5.74) is 17.6. The molecule has 0 aliphatic heterocycles. The van der Waals surface area contributed by atoms with Gasteiger partial charge in [-0.3, -0.25) is 0 Å². The molecule has 3 heteroatoms. The Hall–Kier alpha value is -6.94. The number of aryl methyl sites for hydroxylation is 3. The fourth-order valence-corrected chi connectivity index (χ4v) is 9.66. The van der Waals surface area contributed by atoms with Crippen molar-refractivity contribution in [3.63, 3.8) is 0 Å². The molecule has 9 aromatic rings. The molecule has 9 aromatic carbocycles. The lowest BCUT2D eigenvalue weighted by molar-refractivity contribution is 1.27. The van der Waals surface area contributed by atoms with Crippen LogP contribution in [0.15, 0.2) is 206 Å². The zero-order valence-corrected chi connectivity index (χ0v) is 37.0.